The van der Waals surface area contributed by atoms with Gasteiger partial charge in [0.05, 0.1) is 5.69 Å². The number of hydrogen-bond donors (Lipinski definition) is 1. The molecule has 3 heterocycles. The summed E-state index contributed by atoms with van der Waals surface area (Å²) >= 11 is 0. The van der Waals surface area contributed by atoms with Gasteiger partial charge in [-0.25, -0.2) is 14.6 Å². The molecule has 162 valence electrons. The normalized spacial score (nSPS) is 10.8. The highest BCUT2D eigenvalue weighted by Gasteiger charge is 2.13. The molecular formula is C23H22N6O3. The van der Waals surface area contributed by atoms with E-state index in [1.54, 1.807) is 54.3 Å². The summed E-state index contributed by atoms with van der Waals surface area (Å²) in [5.74, 6) is 1.04. The average molecular weight is 430 g/mol. The number of carbonyl (C=O) groups is 1. The van der Waals surface area contributed by atoms with Gasteiger partial charge >= 0.3 is 0 Å². The molecule has 0 bridgehead atoms. The molecular weight excluding hydrogens is 408 g/mol. The molecule has 0 fully saturated rings. The third kappa shape index (κ3) is 4.13. The first-order valence-electron chi connectivity index (χ1n) is 9.93. The van der Waals surface area contributed by atoms with Gasteiger partial charge in [0.15, 0.2) is 5.82 Å². The Bertz CT molecular complexity index is 1360. The zero-order valence-electron chi connectivity index (χ0n) is 18.2. The van der Waals surface area contributed by atoms with Crippen LogP contribution in [0.4, 0.5) is 5.69 Å². The van der Waals surface area contributed by atoms with Gasteiger partial charge in [0, 0.05) is 30.7 Å². The average Bonchev–Trinajstić information content (AvgIpc) is 3.04. The van der Waals surface area contributed by atoms with E-state index in [1.165, 1.54) is 17.0 Å². The summed E-state index contributed by atoms with van der Waals surface area (Å²) < 4.78 is 8.95. The summed E-state index contributed by atoms with van der Waals surface area (Å²) in [5, 5.41) is 7.23. The van der Waals surface area contributed by atoms with Crippen molar-refractivity contribution in [2.24, 2.45) is 7.05 Å². The Labute approximate surface area is 184 Å². The van der Waals surface area contributed by atoms with Crippen LogP contribution < -0.4 is 15.6 Å². The van der Waals surface area contributed by atoms with Gasteiger partial charge in [0.1, 0.15) is 17.6 Å². The number of ether oxygens (including phenoxy) is 1. The van der Waals surface area contributed by atoms with Crippen molar-refractivity contribution in [2.75, 3.05) is 5.32 Å². The Morgan fingerprint density at radius 2 is 1.81 bits per heavy atom. The van der Waals surface area contributed by atoms with Crippen LogP contribution in [0.15, 0.2) is 59.8 Å². The number of anilines is 1. The van der Waals surface area contributed by atoms with Gasteiger partial charge in [-0.3, -0.25) is 9.59 Å². The van der Waals surface area contributed by atoms with Crippen molar-refractivity contribution in [3.8, 4) is 17.4 Å². The number of rotatable bonds is 5. The van der Waals surface area contributed by atoms with E-state index < -0.39 is 5.91 Å². The molecule has 4 aromatic rings. The van der Waals surface area contributed by atoms with Gasteiger partial charge in [-0.05, 0) is 62.7 Å². The van der Waals surface area contributed by atoms with Crippen molar-refractivity contribution in [1.29, 1.82) is 0 Å². The fourth-order valence-electron chi connectivity index (χ4n) is 3.14. The second kappa shape index (κ2) is 8.46. The number of amides is 1. The molecule has 0 aliphatic carbocycles. The lowest BCUT2D eigenvalue weighted by Gasteiger charge is -2.09. The van der Waals surface area contributed by atoms with Gasteiger partial charge in [0.2, 0.25) is 5.88 Å². The molecule has 0 radical (unpaired) electrons. The highest BCUT2D eigenvalue weighted by Crippen LogP contribution is 2.23. The number of carbonyl (C=O) groups excluding carboxylic acids is 1. The Morgan fingerprint density at radius 3 is 2.50 bits per heavy atom. The first kappa shape index (κ1) is 21.0. The Hall–Kier alpha value is -4.27. The van der Waals surface area contributed by atoms with E-state index in [4.69, 9.17) is 4.74 Å². The molecule has 1 aromatic carbocycles. The molecule has 32 heavy (non-hydrogen) atoms. The zero-order chi connectivity index (χ0) is 22.8. The van der Waals surface area contributed by atoms with Crippen LogP contribution in [0, 0.1) is 20.8 Å². The minimum absolute atomic E-state index is 0.0724. The maximum Gasteiger partial charge on any atom is 0.263 e. The predicted molar refractivity (Wildman–Crippen MR) is 120 cm³/mol. The number of pyridine rings is 1. The number of nitrogens with one attached hydrogen (secondary N) is 1. The van der Waals surface area contributed by atoms with E-state index in [1.807, 2.05) is 20.8 Å². The standard InChI is InChI=1S/C23H22N6O3/c1-14-15(2)27-29(16(14)3)20-12-21(25-13-24-20)32-18-9-7-17(8-10-18)26-22(30)19-6-5-11-28(4)23(19)31/h5-13H,1-4H3,(H,26,30). The van der Waals surface area contributed by atoms with Gasteiger partial charge < -0.3 is 14.6 Å². The molecule has 1 amide bonds. The van der Waals surface area contributed by atoms with Crippen LogP contribution in [0.1, 0.15) is 27.3 Å². The molecule has 0 aliphatic rings. The van der Waals surface area contributed by atoms with Crippen molar-refractivity contribution in [3.05, 3.63) is 87.9 Å². The smallest absolute Gasteiger partial charge is 0.263 e. The lowest BCUT2D eigenvalue weighted by molar-refractivity contribution is 0.102. The SMILES string of the molecule is Cc1nn(-c2cc(Oc3ccc(NC(=O)c4cccn(C)c4=O)cc3)ncn2)c(C)c1C. The van der Waals surface area contributed by atoms with E-state index in [0.29, 0.717) is 23.1 Å². The first-order valence-corrected chi connectivity index (χ1v) is 9.93. The minimum atomic E-state index is -0.472. The summed E-state index contributed by atoms with van der Waals surface area (Å²) in [6.45, 7) is 5.95. The molecule has 0 spiro atoms. The monoisotopic (exact) mass is 430 g/mol. The van der Waals surface area contributed by atoms with E-state index in [9.17, 15) is 9.59 Å². The van der Waals surface area contributed by atoms with Gasteiger partial charge in [0.25, 0.3) is 11.5 Å². The zero-order valence-corrected chi connectivity index (χ0v) is 18.2. The van der Waals surface area contributed by atoms with Gasteiger partial charge in [-0.15, -0.1) is 0 Å². The third-order valence-electron chi connectivity index (χ3n) is 5.20. The topological polar surface area (TPSA) is 104 Å². The number of nitrogens with zero attached hydrogens (tertiary/aromatic N) is 5. The number of benzene rings is 1. The summed E-state index contributed by atoms with van der Waals surface area (Å²) in [6, 6.07) is 11.6. The first-order chi connectivity index (χ1) is 15.3. The van der Waals surface area contributed by atoms with Crippen molar-refractivity contribution in [1.82, 2.24) is 24.3 Å². The summed E-state index contributed by atoms with van der Waals surface area (Å²) in [4.78, 5) is 33.0. The molecule has 0 atom stereocenters. The van der Waals surface area contributed by atoms with Gasteiger partial charge in [-0.1, -0.05) is 0 Å². The largest absolute Gasteiger partial charge is 0.439 e. The van der Waals surface area contributed by atoms with E-state index in [0.717, 1.165) is 17.0 Å². The highest BCUT2D eigenvalue weighted by molar-refractivity contribution is 6.04. The second-order valence-corrected chi connectivity index (χ2v) is 7.34. The van der Waals surface area contributed by atoms with Crippen LogP contribution in [0.5, 0.6) is 11.6 Å². The maximum atomic E-state index is 12.4. The van der Waals surface area contributed by atoms with Crippen LogP contribution in [0.25, 0.3) is 5.82 Å². The molecule has 4 rings (SSSR count). The van der Waals surface area contributed by atoms with Gasteiger partial charge in [-0.2, -0.15) is 5.10 Å². The fourth-order valence-corrected chi connectivity index (χ4v) is 3.14. The van der Waals surface area contributed by atoms with Crippen molar-refractivity contribution in [2.45, 2.75) is 20.8 Å². The second-order valence-electron chi connectivity index (χ2n) is 7.34. The van der Waals surface area contributed by atoms with Crippen LogP contribution in [-0.4, -0.2) is 30.2 Å². The van der Waals surface area contributed by atoms with Crippen LogP contribution in [-0.2, 0) is 7.05 Å². The number of aryl methyl sites for hydroxylation is 2. The summed E-state index contributed by atoms with van der Waals surface area (Å²) in [5.41, 5.74) is 3.30. The molecule has 1 N–H and O–H groups in total. The van der Waals surface area contributed by atoms with E-state index in [2.05, 4.69) is 20.4 Å². The molecule has 3 aromatic heterocycles. The molecule has 0 saturated carbocycles. The summed E-state index contributed by atoms with van der Waals surface area (Å²) in [6.07, 6.45) is 3.02. The highest BCUT2D eigenvalue weighted by atomic mass is 16.5. The molecule has 0 unspecified atom stereocenters. The van der Waals surface area contributed by atoms with E-state index >= 15 is 0 Å². The number of aromatic nitrogens is 5. The quantitative estimate of drug-likeness (QED) is 0.521. The Balaban J connectivity index is 1.48. The van der Waals surface area contributed by atoms with Crippen LogP contribution in [0.2, 0.25) is 0 Å². The van der Waals surface area contributed by atoms with Crippen LogP contribution >= 0.6 is 0 Å². The fraction of sp³-hybridized carbons (Fsp3) is 0.174. The van der Waals surface area contributed by atoms with Crippen molar-refractivity contribution in [3.63, 3.8) is 0 Å². The minimum Gasteiger partial charge on any atom is -0.439 e. The van der Waals surface area contributed by atoms with Crippen LogP contribution in [0.3, 0.4) is 0 Å². The molecule has 0 aliphatic heterocycles. The van der Waals surface area contributed by atoms with Crippen molar-refractivity contribution < 1.29 is 9.53 Å². The molecule has 9 heteroatoms. The predicted octanol–water partition coefficient (Wildman–Crippen LogP) is 3.33. The molecule has 0 saturated heterocycles. The van der Waals surface area contributed by atoms with Crippen molar-refractivity contribution >= 4 is 11.6 Å². The molecule has 9 nitrogen and oxygen atoms in total. The number of hydrogen-bond acceptors (Lipinski definition) is 6. The van der Waals surface area contributed by atoms with E-state index in [-0.39, 0.29) is 11.1 Å². The maximum absolute atomic E-state index is 12.4. The lowest BCUT2D eigenvalue weighted by Crippen LogP contribution is -2.26. The Kier molecular flexibility index (Phi) is 5.55. The summed E-state index contributed by atoms with van der Waals surface area (Å²) in [7, 11) is 1.60. The third-order valence-corrected chi connectivity index (χ3v) is 5.20. The lowest BCUT2D eigenvalue weighted by atomic mass is 10.2. The Morgan fingerprint density at radius 1 is 1.06 bits per heavy atom.